The van der Waals surface area contributed by atoms with E-state index in [0.717, 1.165) is 66.1 Å². The average Bonchev–Trinajstić information content (AvgIpc) is 4.16. The topological polar surface area (TPSA) is 26.3 Å². The van der Waals surface area contributed by atoms with Crippen LogP contribution in [0.5, 0.6) is 0 Å². The first-order valence-corrected chi connectivity index (χ1v) is 27.5. The highest BCUT2D eigenvalue weighted by atomic mass is 16.3. The zero-order chi connectivity index (χ0) is 52.4. The summed E-state index contributed by atoms with van der Waals surface area (Å²) in [6, 6.07) is 103. The summed E-state index contributed by atoms with van der Waals surface area (Å²) < 4.78 is 13.3. The van der Waals surface area contributed by atoms with E-state index in [-0.39, 0.29) is 0 Å². The summed E-state index contributed by atoms with van der Waals surface area (Å²) in [5.74, 6) is 0. The van der Waals surface area contributed by atoms with E-state index in [2.05, 4.69) is 267 Å². The van der Waals surface area contributed by atoms with Gasteiger partial charge in [0.2, 0.25) is 0 Å². The van der Waals surface area contributed by atoms with Crippen LogP contribution in [-0.2, 0) is 0 Å². The third-order valence-corrected chi connectivity index (χ3v) is 17.0. The van der Waals surface area contributed by atoms with Gasteiger partial charge in [-0.05, 0) is 186 Å². The standard InChI is InChI=1S/C78H46O2/c1-2-18-49-42-52(33-32-47(49)16-1)56-21-5-6-24-61(56)77-65-27-9-7-25-63(65)75(53-36-38-59-57-22-11-13-30-71(57)79-73(59)45-53)69-43-50(34-40-67(69)77)51-35-41-68-70(44-51)76(54-37-39-60-58-23-12-14-31-72(58)80-74(60)46-54)64-26-8-10-28-66(64)78(68)62-29-15-19-48-17-3-4-20-55(48)62/h1-46H. The predicted octanol–water partition coefficient (Wildman–Crippen LogP) is 22.4. The largest absolute Gasteiger partial charge is 0.456 e. The zero-order valence-corrected chi connectivity index (χ0v) is 43.4. The van der Waals surface area contributed by atoms with Crippen LogP contribution in [0.3, 0.4) is 0 Å². The van der Waals surface area contributed by atoms with Crippen LogP contribution in [0.4, 0.5) is 0 Å². The predicted molar refractivity (Wildman–Crippen MR) is 339 cm³/mol. The monoisotopic (exact) mass is 1010 g/mol. The van der Waals surface area contributed by atoms with Crippen LogP contribution >= 0.6 is 0 Å². The van der Waals surface area contributed by atoms with Crippen LogP contribution in [0.15, 0.2) is 288 Å². The van der Waals surface area contributed by atoms with Gasteiger partial charge in [0.25, 0.3) is 0 Å². The molecule has 0 fully saturated rings. The third-order valence-electron chi connectivity index (χ3n) is 17.0. The first kappa shape index (κ1) is 44.6. The van der Waals surface area contributed by atoms with Gasteiger partial charge in [-0.3, -0.25) is 0 Å². The molecule has 0 saturated heterocycles. The van der Waals surface area contributed by atoms with Gasteiger partial charge in [0.05, 0.1) is 0 Å². The van der Waals surface area contributed by atoms with E-state index in [9.17, 15) is 0 Å². The molecule has 17 aromatic rings. The Morgan fingerprint density at radius 3 is 1.12 bits per heavy atom. The molecule has 0 saturated carbocycles. The Morgan fingerprint density at radius 1 is 0.163 bits per heavy atom. The molecule has 2 heteroatoms. The molecule has 0 radical (unpaired) electrons. The van der Waals surface area contributed by atoms with Gasteiger partial charge in [-0.2, -0.15) is 0 Å². The highest BCUT2D eigenvalue weighted by Crippen LogP contribution is 2.51. The second-order valence-electron chi connectivity index (χ2n) is 21.4. The van der Waals surface area contributed by atoms with Crippen molar-refractivity contribution >= 4 is 109 Å². The van der Waals surface area contributed by atoms with E-state index < -0.39 is 0 Å². The Kier molecular flexibility index (Phi) is 9.75. The molecule has 17 rings (SSSR count). The summed E-state index contributed by atoms with van der Waals surface area (Å²) in [7, 11) is 0. The molecule has 2 aromatic heterocycles. The number of hydrogen-bond acceptors (Lipinski definition) is 2. The highest BCUT2D eigenvalue weighted by Gasteiger charge is 2.23. The zero-order valence-electron chi connectivity index (χ0n) is 43.4. The average molecular weight is 1020 g/mol. The number of para-hydroxylation sites is 2. The van der Waals surface area contributed by atoms with Gasteiger partial charge in [-0.15, -0.1) is 0 Å². The molecular weight excluding hydrogens is 969 g/mol. The number of hydrogen-bond donors (Lipinski definition) is 0. The van der Waals surface area contributed by atoms with Crippen LogP contribution in [0.2, 0.25) is 0 Å². The second kappa shape index (κ2) is 17.5. The van der Waals surface area contributed by atoms with Crippen LogP contribution in [0, 0.1) is 0 Å². The Bertz CT molecular complexity index is 5430. The maximum Gasteiger partial charge on any atom is 0.136 e. The summed E-state index contributed by atoms with van der Waals surface area (Å²) in [5.41, 5.74) is 17.6. The lowest BCUT2D eigenvalue weighted by Crippen LogP contribution is -1.94. The van der Waals surface area contributed by atoms with Crippen LogP contribution < -0.4 is 0 Å². The Hall–Kier alpha value is -10.5. The molecule has 0 amide bonds. The molecule has 15 aromatic carbocycles. The molecule has 2 heterocycles. The molecule has 2 nitrogen and oxygen atoms in total. The quantitative estimate of drug-likeness (QED) is 0.155. The maximum atomic E-state index is 6.64. The summed E-state index contributed by atoms with van der Waals surface area (Å²) in [4.78, 5) is 0. The van der Waals surface area contributed by atoms with E-state index in [1.54, 1.807) is 0 Å². The summed E-state index contributed by atoms with van der Waals surface area (Å²) in [5, 5.41) is 18.9. The van der Waals surface area contributed by atoms with Crippen molar-refractivity contribution in [1.29, 1.82) is 0 Å². The fourth-order valence-corrected chi connectivity index (χ4v) is 13.4. The van der Waals surface area contributed by atoms with Crippen molar-refractivity contribution < 1.29 is 8.83 Å². The number of fused-ring (bicyclic) bond motifs is 12. The van der Waals surface area contributed by atoms with Gasteiger partial charge >= 0.3 is 0 Å². The molecule has 0 aliphatic rings. The molecule has 0 aliphatic carbocycles. The number of furan rings is 2. The lowest BCUT2D eigenvalue weighted by molar-refractivity contribution is 0.668. The van der Waals surface area contributed by atoms with E-state index in [4.69, 9.17) is 8.83 Å². The minimum absolute atomic E-state index is 0.875. The van der Waals surface area contributed by atoms with E-state index in [0.29, 0.717) is 0 Å². The molecule has 0 bridgehead atoms. The van der Waals surface area contributed by atoms with Crippen molar-refractivity contribution in [3.63, 3.8) is 0 Å². The summed E-state index contributed by atoms with van der Waals surface area (Å²) >= 11 is 0. The van der Waals surface area contributed by atoms with Gasteiger partial charge < -0.3 is 8.83 Å². The molecule has 0 spiro atoms. The molecular formula is C78H46O2. The van der Waals surface area contributed by atoms with Crippen LogP contribution in [0.25, 0.3) is 175 Å². The van der Waals surface area contributed by atoms with E-state index >= 15 is 0 Å². The van der Waals surface area contributed by atoms with Crippen molar-refractivity contribution in [2.24, 2.45) is 0 Å². The van der Waals surface area contributed by atoms with E-state index in [1.807, 2.05) is 12.1 Å². The lowest BCUT2D eigenvalue weighted by atomic mass is 9.82. The first-order valence-electron chi connectivity index (χ1n) is 27.5. The first-order chi connectivity index (χ1) is 39.7. The van der Waals surface area contributed by atoms with Gasteiger partial charge in [0.1, 0.15) is 22.3 Å². The van der Waals surface area contributed by atoms with Crippen molar-refractivity contribution in [3.05, 3.63) is 279 Å². The molecule has 0 atom stereocenters. The summed E-state index contributed by atoms with van der Waals surface area (Å²) in [6.45, 7) is 0. The Labute approximate surface area is 460 Å². The SMILES string of the molecule is c1ccc(-c2c3ccccc3c(-c3ccc4c(c3)oc3ccccc34)c3cc(-c4ccc5c(-c6cccc7ccccc67)c6ccccc6c(-c6ccc7c(c6)oc6ccccc67)c5c4)ccc23)c(-c2ccc3ccccc3c2)c1. The van der Waals surface area contributed by atoms with Gasteiger partial charge in [-0.25, -0.2) is 0 Å². The fraction of sp³-hybridized carbons (Fsp3) is 0. The second-order valence-corrected chi connectivity index (χ2v) is 21.4. The lowest BCUT2D eigenvalue weighted by Gasteiger charge is -2.21. The van der Waals surface area contributed by atoms with Crippen molar-refractivity contribution in [3.8, 4) is 66.8 Å². The fourth-order valence-electron chi connectivity index (χ4n) is 13.4. The van der Waals surface area contributed by atoms with Gasteiger partial charge in [-0.1, -0.05) is 224 Å². The number of rotatable bonds is 6. The van der Waals surface area contributed by atoms with Crippen LogP contribution in [0.1, 0.15) is 0 Å². The molecule has 80 heavy (non-hydrogen) atoms. The van der Waals surface area contributed by atoms with Gasteiger partial charge in [0, 0.05) is 21.5 Å². The molecule has 370 valence electrons. The maximum absolute atomic E-state index is 6.64. The number of benzene rings is 15. The van der Waals surface area contributed by atoms with Gasteiger partial charge in [0.15, 0.2) is 0 Å². The smallest absolute Gasteiger partial charge is 0.136 e. The molecule has 0 aliphatic heterocycles. The minimum atomic E-state index is 0.875. The van der Waals surface area contributed by atoms with Crippen LogP contribution in [-0.4, -0.2) is 0 Å². The van der Waals surface area contributed by atoms with Crippen molar-refractivity contribution in [2.45, 2.75) is 0 Å². The van der Waals surface area contributed by atoms with Crippen molar-refractivity contribution in [2.75, 3.05) is 0 Å². The minimum Gasteiger partial charge on any atom is -0.456 e. The Morgan fingerprint density at radius 2 is 0.537 bits per heavy atom. The highest BCUT2D eigenvalue weighted by molar-refractivity contribution is 6.26. The van der Waals surface area contributed by atoms with Crippen molar-refractivity contribution in [1.82, 2.24) is 0 Å². The third kappa shape index (κ3) is 6.79. The molecule has 0 N–H and O–H groups in total. The summed E-state index contributed by atoms with van der Waals surface area (Å²) in [6.07, 6.45) is 0. The normalized spacial score (nSPS) is 12.0. The molecule has 0 unspecified atom stereocenters. The van der Waals surface area contributed by atoms with E-state index in [1.165, 1.54) is 109 Å². The Balaban J connectivity index is 0.956.